The Balaban J connectivity index is 3.06. The molecular weight excluding hydrogens is 141 g/mol. The Morgan fingerprint density at radius 3 is 2.55 bits per heavy atom. The van der Waals surface area contributed by atoms with Gasteiger partial charge in [-0.15, -0.1) is 0 Å². The molecule has 0 amide bonds. The Morgan fingerprint density at radius 1 is 1.55 bits per heavy atom. The van der Waals surface area contributed by atoms with Crippen LogP contribution >= 0.6 is 0 Å². The number of nitrogens with two attached hydrogens (primary N) is 1. The Kier molecular flexibility index (Phi) is 1.96. The molecule has 0 aliphatic heterocycles. The average Bonchev–Trinajstić information content (AvgIpc) is 1.86. The van der Waals surface area contributed by atoms with Crippen LogP contribution in [0.1, 0.15) is 19.4 Å². The van der Waals surface area contributed by atoms with Crippen LogP contribution in [0.2, 0.25) is 0 Å². The monoisotopic (exact) mass is 152 g/mol. The smallest absolute Gasteiger partial charge is 0.131 e. The van der Waals surface area contributed by atoms with Crippen molar-refractivity contribution in [2.45, 2.75) is 19.4 Å². The van der Waals surface area contributed by atoms with E-state index in [4.69, 9.17) is 5.73 Å². The first kappa shape index (κ1) is 8.21. The van der Waals surface area contributed by atoms with Crippen LogP contribution in [0.25, 0.3) is 0 Å². The molecule has 0 atom stereocenters. The minimum Gasteiger partial charge on any atom is -0.322 e. The van der Waals surface area contributed by atoms with E-state index in [0.29, 0.717) is 0 Å². The third-order valence-corrected chi connectivity index (χ3v) is 1.51. The lowest BCUT2D eigenvalue weighted by atomic mass is 9.96. The van der Waals surface area contributed by atoms with E-state index in [-0.39, 0.29) is 5.82 Å². The normalized spacial score (nSPS) is 11.6. The van der Waals surface area contributed by atoms with Crippen LogP contribution in [0.5, 0.6) is 0 Å². The number of benzene rings is 1. The van der Waals surface area contributed by atoms with Gasteiger partial charge in [-0.25, -0.2) is 4.39 Å². The van der Waals surface area contributed by atoms with E-state index in [9.17, 15) is 4.39 Å². The predicted molar refractivity (Wildman–Crippen MR) is 42.4 cm³/mol. The molecule has 1 radical (unpaired) electrons. The van der Waals surface area contributed by atoms with Crippen molar-refractivity contribution < 1.29 is 4.39 Å². The quantitative estimate of drug-likeness (QED) is 0.652. The molecule has 0 aliphatic rings. The number of hydrogen-bond donors (Lipinski definition) is 1. The molecule has 1 rings (SSSR count). The third-order valence-electron chi connectivity index (χ3n) is 1.51. The van der Waals surface area contributed by atoms with E-state index in [2.05, 4.69) is 6.07 Å². The molecule has 0 saturated heterocycles. The van der Waals surface area contributed by atoms with Crippen molar-refractivity contribution in [3.8, 4) is 0 Å². The van der Waals surface area contributed by atoms with Crippen LogP contribution in [0.4, 0.5) is 4.39 Å². The van der Waals surface area contributed by atoms with Gasteiger partial charge in [0.2, 0.25) is 0 Å². The summed E-state index contributed by atoms with van der Waals surface area (Å²) >= 11 is 0. The van der Waals surface area contributed by atoms with Crippen LogP contribution in [-0.2, 0) is 5.54 Å². The van der Waals surface area contributed by atoms with Crippen LogP contribution in [0.15, 0.2) is 18.2 Å². The largest absolute Gasteiger partial charge is 0.322 e. The third kappa shape index (κ3) is 2.02. The minimum atomic E-state index is -0.476. The van der Waals surface area contributed by atoms with E-state index < -0.39 is 5.54 Å². The zero-order chi connectivity index (χ0) is 8.48. The van der Waals surface area contributed by atoms with Gasteiger partial charge >= 0.3 is 0 Å². The molecule has 1 nitrogen and oxygen atoms in total. The maximum Gasteiger partial charge on any atom is 0.131 e. The standard InChI is InChI=1S/C9H11FN/c1-9(2,11)7-4-3-5-8(10)6-7/h3-4,6H,11H2,1-2H3. The van der Waals surface area contributed by atoms with Crippen molar-refractivity contribution in [3.63, 3.8) is 0 Å². The highest BCUT2D eigenvalue weighted by atomic mass is 19.1. The molecule has 2 N–H and O–H groups in total. The predicted octanol–water partition coefficient (Wildman–Crippen LogP) is 1.82. The number of hydrogen-bond acceptors (Lipinski definition) is 1. The first-order valence-corrected chi connectivity index (χ1v) is 3.47. The SMILES string of the molecule is CC(C)(N)c1cc[c]c(F)c1. The Morgan fingerprint density at radius 2 is 2.18 bits per heavy atom. The van der Waals surface area contributed by atoms with E-state index in [0.717, 1.165) is 5.56 Å². The summed E-state index contributed by atoms with van der Waals surface area (Å²) in [5.41, 5.74) is 6.05. The molecule has 0 aliphatic carbocycles. The molecule has 11 heavy (non-hydrogen) atoms. The molecule has 0 spiro atoms. The minimum absolute atomic E-state index is 0.360. The topological polar surface area (TPSA) is 26.0 Å². The van der Waals surface area contributed by atoms with Crippen molar-refractivity contribution in [2.24, 2.45) is 5.73 Å². The van der Waals surface area contributed by atoms with Gasteiger partial charge in [-0.05, 0) is 25.5 Å². The lowest BCUT2D eigenvalue weighted by Crippen LogP contribution is -2.28. The average molecular weight is 152 g/mol. The lowest BCUT2D eigenvalue weighted by molar-refractivity contribution is 0.543. The van der Waals surface area contributed by atoms with E-state index in [1.807, 2.05) is 13.8 Å². The second-order valence-corrected chi connectivity index (χ2v) is 3.15. The highest BCUT2D eigenvalue weighted by molar-refractivity contribution is 5.22. The molecule has 1 aromatic carbocycles. The van der Waals surface area contributed by atoms with Gasteiger partial charge in [0.1, 0.15) is 5.82 Å². The zero-order valence-corrected chi connectivity index (χ0v) is 6.69. The van der Waals surface area contributed by atoms with Crippen LogP contribution in [0, 0.1) is 11.9 Å². The first-order valence-electron chi connectivity index (χ1n) is 3.47. The van der Waals surface area contributed by atoms with Crippen LogP contribution in [0.3, 0.4) is 0 Å². The Hall–Kier alpha value is -0.890. The maximum absolute atomic E-state index is 12.6. The second-order valence-electron chi connectivity index (χ2n) is 3.15. The van der Waals surface area contributed by atoms with E-state index in [1.165, 1.54) is 6.07 Å². The van der Waals surface area contributed by atoms with Crippen molar-refractivity contribution in [1.29, 1.82) is 0 Å². The van der Waals surface area contributed by atoms with Crippen LogP contribution in [-0.4, -0.2) is 0 Å². The lowest BCUT2D eigenvalue weighted by Gasteiger charge is -2.18. The fraction of sp³-hybridized carbons (Fsp3) is 0.333. The maximum atomic E-state index is 12.6. The van der Waals surface area contributed by atoms with E-state index in [1.54, 1.807) is 12.1 Å². The molecule has 0 aromatic heterocycles. The Labute approximate surface area is 66.0 Å². The summed E-state index contributed by atoms with van der Waals surface area (Å²) in [6.45, 7) is 3.67. The summed E-state index contributed by atoms with van der Waals surface area (Å²) < 4.78 is 12.6. The first-order chi connectivity index (χ1) is 5.00. The molecule has 0 heterocycles. The molecule has 1 aromatic rings. The van der Waals surface area contributed by atoms with Gasteiger partial charge < -0.3 is 5.73 Å². The molecular formula is C9H11FN. The highest BCUT2D eigenvalue weighted by Crippen LogP contribution is 2.16. The van der Waals surface area contributed by atoms with Gasteiger partial charge in [0.15, 0.2) is 0 Å². The summed E-state index contributed by atoms with van der Waals surface area (Å²) in [7, 11) is 0. The molecule has 0 unspecified atom stereocenters. The summed E-state index contributed by atoms with van der Waals surface area (Å²) in [4.78, 5) is 0. The van der Waals surface area contributed by atoms with Crippen LogP contribution < -0.4 is 5.73 Å². The zero-order valence-electron chi connectivity index (χ0n) is 6.69. The summed E-state index contributed by atoms with van der Waals surface area (Å²) in [5, 5.41) is 0. The van der Waals surface area contributed by atoms with Crippen molar-refractivity contribution in [2.75, 3.05) is 0 Å². The highest BCUT2D eigenvalue weighted by Gasteiger charge is 2.13. The summed E-state index contributed by atoms with van der Waals surface area (Å²) in [5.74, 6) is -0.360. The fourth-order valence-electron chi connectivity index (χ4n) is 0.838. The fourth-order valence-corrected chi connectivity index (χ4v) is 0.838. The second kappa shape index (κ2) is 2.62. The molecule has 0 bridgehead atoms. The molecule has 59 valence electrons. The van der Waals surface area contributed by atoms with Gasteiger partial charge in [-0.1, -0.05) is 12.1 Å². The van der Waals surface area contributed by atoms with Crippen molar-refractivity contribution in [3.05, 3.63) is 35.6 Å². The Bertz CT molecular complexity index is 250. The summed E-state index contributed by atoms with van der Waals surface area (Å²) in [6.07, 6.45) is 0. The van der Waals surface area contributed by atoms with Gasteiger partial charge in [0, 0.05) is 11.6 Å². The summed E-state index contributed by atoms with van der Waals surface area (Å²) in [6, 6.07) is 7.13. The number of halogens is 1. The number of rotatable bonds is 1. The molecule has 0 fully saturated rings. The van der Waals surface area contributed by atoms with Gasteiger partial charge in [0.05, 0.1) is 0 Å². The molecule has 0 saturated carbocycles. The van der Waals surface area contributed by atoms with Gasteiger partial charge in [-0.3, -0.25) is 0 Å². The van der Waals surface area contributed by atoms with Gasteiger partial charge in [-0.2, -0.15) is 0 Å². The molecule has 2 heteroatoms. The van der Waals surface area contributed by atoms with Crippen molar-refractivity contribution in [1.82, 2.24) is 0 Å². The van der Waals surface area contributed by atoms with Crippen molar-refractivity contribution >= 4 is 0 Å². The van der Waals surface area contributed by atoms with E-state index >= 15 is 0 Å². The van der Waals surface area contributed by atoms with Gasteiger partial charge in [0.25, 0.3) is 0 Å².